The van der Waals surface area contributed by atoms with E-state index in [0.29, 0.717) is 6.04 Å². The monoisotopic (exact) mass is 180 g/mol. The van der Waals surface area contributed by atoms with Gasteiger partial charge in [-0.2, -0.15) is 0 Å². The molecule has 1 aromatic heterocycles. The maximum absolute atomic E-state index is 5.65. The molecule has 0 spiro atoms. The molecule has 1 aliphatic rings. The lowest BCUT2D eigenvalue weighted by atomic mass is 10.1. The highest BCUT2D eigenvalue weighted by Gasteiger charge is 2.18. The fraction of sp³-hybridized carbons (Fsp3) is 0.600. The van der Waals surface area contributed by atoms with Crippen molar-refractivity contribution in [1.82, 2.24) is 10.6 Å². The van der Waals surface area contributed by atoms with Crippen molar-refractivity contribution >= 4 is 0 Å². The summed E-state index contributed by atoms with van der Waals surface area (Å²) in [7, 11) is 0. The molecule has 1 atom stereocenters. The summed E-state index contributed by atoms with van der Waals surface area (Å²) in [5, 5.41) is 6.76. The first-order valence-corrected chi connectivity index (χ1v) is 4.78. The minimum absolute atomic E-state index is 0.348. The third kappa shape index (κ3) is 1.76. The van der Waals surface area contributed by atoms with Crippen molar-refractivity contribution in [1.29, 1.82) is 0 Å². The first kappa shape index (κ1) is 8.78. The molecule has 1 aromatic rings. The molecule has 1 saturated heterocycles. The Labute approximate surface area is 78.5 Å². The SMILES string of the molecule is Cc1cc([C@@H]2CNCCN2)oc1C. The topological polar surface area (TPSA) is 37.2 Å². The molecule has 0 aromatic carbocycles. The zero-order valence-electron chi connectivity index (χ0n) is 8.18. The quantitative estimate of drug-likeness (QED) is 0.680. The van der Waals surface area contributed by atoms with Crippen LogP contribution in [0.15, 0.2) is 10.5 Å². The van der Waals surface area contributed by atoms with Gasteiger partial charge in [-0.05, 0) is 25.5 Å². The fourth-order valence-electron chi connectivity index (χ4n) is 1.63. The molecule has 0 unspecified atom stereocenters. The summed E-state index contributed by atoms with van der Waals surface area (Å²) in [4.78, 5) is 0. The van der Waals surface area contributed by atoms with E-state index in [1.165, 1.54) is 5.56 Å². The van der Waals surface area contributed by atoms with Gasteiger partial charge in [0.25, 0.3) is 0 Å². The number of piperazine rings is 1. The Hall–Kier alpha value is -0.800. The van der Waals surface area contributed by atoms with Crippen molar-refractivity contribution in [2.24, 2.45) is 0 Å². The summed E-state index contributed by atoms with van der Waals surface area (Å²) < 4.78 is 5.65. The van der Waals surface area contributed by atoms with Gasteiger partial charge in [0.15, 0.2) is 0 Å². The van der Waals surface area contributed by atoms with Crippen LogP contribution < -0.4 is 10.6 Å². The van der Waals surface area contributed by atoms with Crippen molar-refractivity contribution in [3.63, 3.8) is 0 Å². The van der Waals surface area contributed by atoms with Crippen LogP contribution in [-0.2, 0) is 0 Å². The standard InChI is InChI=1S/C10H16N2O/c1-7-5-10(13-8(7)2)9-6-11-3-4-12-9/h5,9,11-12H,3-4,6H2,1-2H3/t9-/m0/s1. The fourth-order valence-corrected chi connectivity index (χ4v) is 1.63. The first-order chi connectivity index (χ1) is 6.27. The van der Waals surface area contributed by atoms with Gasteiger partial charge in [-0.3, -0.25) is 0 Å². The van der Waals surface area contributed by atoms with Crippen LogP contribution in [0.25, 0.3) is 0 Å². The molecule has 0 radical (unpaired) electrons. The Morgan fingerprint density at radius 3 is 2.77 bits per heavy atom. The smallest absolute Gasteiger partial charge is 0.122 e. The van der Waals surface area contributed by atoms with Crippen LogP contribution in [0.1, 0.15) is 23.1 Å². The zero-order valence-corrected chi connectivity index (χ0v) is 8.18. The van der Waals surface area contributed by atoms with Crippen LogP contribution in [0.5, 0.6) is 0 Å². The number of hydrogen-bond acceptors (Lipinski definition) is 3. The summed E-state index contributed by atoms with van der Waals surface area (Å²) in [5.41, 5.74) is 1.24. The van der Waals surface area contributed by atoms with Crippen molar-refractivity contribution in [3.05, 3.63) is 23.2 Å². The molecule has 2 heterocycles. The van der Waals surface area contributed by atoms with Gasteiger partial charge in [0.2, 0.25) is 0 Å². The largest absolute Gasteiger partial charge is 0.464 e. The zero-order chi connectivity index (χ0) is 9.26. The van der Waals surface area contributed by atoms with E-state index in [1.54, 1.807) is 0 Å². The average Bonchev–Trinajstić information content (AvgIpc) is 2.49. The van der Waals surface area contributed by atoms with Gasteiger partial charge in [0.1, 0.15) is 11.5 Å². The van der Waals surface area contributed by atoms with E-state index in [9.17, 15) is 0 Å². The lowest BCUT2D eigenvalue weighted by Gasteiger charge is -2.22. The molecular weight excluding hydrogens is 164 g/mol. The summed E-state index contributed by atoms with van der Waals surface area (Å²) >= 11 is 0. The molecule has 1 aliphatic heterocycles. The number of nitrogens with one attached hydrogen (secondary N) is 2. The number of rotatable bonds is 1. The lowest BCUT2D eigenvalue weighted by Crippen LogP contribution is -2.42. The minimum Gasteiger partial charge on any atom is -0.464 e. The third-order valence-corrected chi connectivity index (χ3v) is 2.57. The van der Waals surface area contributed by atoms with E-state index in [0.717, 1.165) is 31.2 Å². The van der Waals surface area contributed by atoms with Gasteiger partial charge < -0.3 is 15.1 Å². The van der Waals surface area contributed by atoms with E-state index >= 15 is 0 Å². The molecule has 2 N–H and O–H groups in total. The predicted molar refractivity (Wildman–Crippen MR) is 51.8 cm³/mol. The van der Waals surface area contributed by atoms with Gasteiger partial charge in [-0.25, -0.2) is 0 Å². The van der Waals surface area contributed by atoms with Gasteiger partial charge in [0, 0.05) is 19.6 Å². The van der Waals surface area contributed by atoms with E-state index in [-0.39, 0.29) is 0 Å². The Morgan fingerprint density at radius 2 is 2.23 bits per heavy atom. The number of hydrogen-bond donors (Lipinski definition) is 2. The van der Waals surface area contributed by atoms with Gasteiger partial charge in [-0.1, -0.05) is 0 Å². The Morgan fingerprint density at radius 1 is 1.38 bits per heavy atom. The van der Waals surface area contributed by atoms with Crippen LogP contribution in [0, 0.1) is 13.8 Å². The third-order valence-electron chi connectivity index (χ3n) is 2.57. The van der Waals surface area contributed by atoms with Crippen LogP contribution in [-0.4, -0.2) is 19.6 Å². The minimum atomic E-state index is 0.348. The molecule has 0 bridgehead atoms. The number of aryl methyl sites for hydroxylation is 2. The number of furan rings is 1. The van der Waals surface area contributed by atoms with Crippen molar-refractivity contribution < 1.29 is 4.42 Å². The molecule has 3 heteroatoms. The second kappa shape index (κ2) is 3.52. The van der Waals surface area contributed by atoms with E-state index in [2.05, 4.69) is 23.6 Å². The van der Waals surface area contributed by atoms with Crippen molar-refractivity contribution in [2.45, 2.75) is 19.9 Å². The van der Waals surface area contributed by atoms with Gasteiger partial charge >= 0.3 is 0 Å². The second-order valence-corrected chi connectivity index (χ2v) is 3.60. The molecule has 0 amide bonds. The molecular formula is C10H16N2O. The second-order valence-electron chi connectivity index (χ2n) is 3.60. The van der Waals surface area contributed by atoms with E-state index in [4.69, 9.17) is 4.42 Å². The maximum Gasteiger partial charge on any atom is 0.122 e. The Kier molecular flexibility index (Phi) is 2.38. The summed E-state index contributed by atoms with van der Waals surface area (Å²) in [5.74, 6) is 2.09. The van der Waals surface area contributed by atoms with Crippen LogP contribution >= 0.6 is 0 Å². The Bertz CT molecular complexity index is 268. The van der Waals surface area contributed by atoms with Gasteiger partial charge in [-0.15, -0.1) is 0 Å². The molecule has 2 rings (SSSR count). The lowest BCUT2D eigenvalue weighted by molar-refractivity contribution is 0.356. The highest BCUT2D eigenvalue weighted by Crippen LogP contribution is 2.20. The molecule has 3 nitrogen and oxygen atoms in total. The Balaban J connectivity index is 2.14. The van der Waals surface area contributed by atoms with Gasteiger partial charge in [0.05, 0.1) is 6.04 Å². The maximum atomic E-state index is 5.65. The van der Waals surface area contributed by atoms with E-state index in [1.807, 2.05) is 6.92 Å². The van der Waals surface area contributed by atoms with Crippen molar-refractivity contribution in [3.8, 4) is 0 Å². The summed E-state index contributed by atoms with van der Waals surface area (Å²) in [6.45, 7) is 7.12. The van der Waals surface area contributed by atoms with E-state index < -0.39 is 0 Å². The first-order valence-electron chi connectivity index (χ1n) is 4.78. The highest BCUT2D eigenvalue weighted by molar-refractivity contribution is 5.21. The molecule has 0 saturated carbocycles. The summed E-state index contributed by atoms with van der Waals surface area (Å²) in [6, 6.07) is 2.47. The molecule has 13 heavy (non-hydrogen) atoms. The predicted octanol–water partition coefficient (Wildman–Crippen LogP) is 1.13. The molecule has 72 valence electrons. The van der Waals surface area contributed by atoms with Crippen LogP contribution in [0.4, 0.5) is 0 Å². The normalized spacial score (nSPS) is 23.4. The molecule has 1 fully saturated rings. The van der Waals surface area contributed by atoms with Crippen LogP contribution in [0.3, 0.4) is 0 Å². The summed E-state index contributed by atoms with van der Waals surface area (Å²) in [6.07, 6.45) is 0. The van der Waals surface area contributed by atoms with Crippen molar-refractivity contribution in [2.75, 3.05) is 19.6 Å². The average molecular weight is 180 g/mol. The highest BCUT2D eigenvalue weighted by atomic mass is 16.3. The molecule has 0 aliphatic carbocycles. The van der Waals surface area contributed by atoms with Crippen LogP contribution in [0.2, 0.25) is 0 Å².